The molecular weight excluding hydrogens is 298 g/mol. The molecule has 0 aromatic carbocycles. The van der Waals surface area contributed by atoms with Gasteiger partial charge in [-0.05, 0) is 19.3 Å². The standard InChI is InChI=1S/C16H25N3O2S/c1-3-5-15(21)19-9-4-6-13(10-19)16-18-14(11-22-16)7-8-17-12(2)20/h11,13H,3-10H2,1-2H3,(H,17,20). The molecule has 2 rings (SSSR count). The molecule has 0 bridgehead atoms. The second kappa shape index (κ2) is 8.27. The average molecular weight is 323 g/mol. The summed E-state index contributed by atoms with van der Waals surface area (Å²) in [5.41, 5.74) is 1.03. The monoisotopic (exact) mass is 323 g/mol. The van der Waals surface area contributed by atoms with Crippen LogP contribution in [0, 0.1) is 0 Å². The summed E-state index contributed by atoms with van der Waals surface area (Å²) in [6, 6.07) is 0. The lowest BCUT2D eigenvalue weighted by Gasteiger charge is -2.31. The maximum atomic E-state index is 12.1. The highest BCUT2D eigenvalue weighted by molar-refractivity contribution is 7.09. The number of likely N-dealkylation sites (tertiary alicyclic amines) is 1. The maximum absolute atomic E-state index is 12.1. The molecule has 1 aliphatic rings. The topological polar surface area (TPSA) is 62.3 Å². The van der Waals surface area contributed by atoms with Crippen molar-refractivity contribution in [1.29, 1.82) is 0 Å². The van der Waals surface area contributed by atoms with Gasteiger partial charge in [-0.1, -0.05) is 6.92 Å². The van der Waals surface area contributed by atoms with Gasteiger partial charge in [-0.15, -0.1) is 11.3 Å². The van der Waals surface area contributed by atoms with E-state index in [1.54, 1.807) is 11.3 Å². The predicted molar refractivity (Wildman–Crippen MR) is 88.0 cm³/mol. The Morgan fingerprint density at radius 3 is 3.05 bits per heavy atom. The van der Waals surface area contributed by atoms with Crippen LogP contribution in [-0.2, 0) is 16.0 Å². The molecule has 1 atom stereocenters. The highest BCUT2D eigenvalue weighted by Crippen LogP contribution is 2.29. The summed E-state index contributed by atoms with van der Waals surface area (Å²) in [4.78, 5) is 29.6. The first kappa shape index (κ1) is 16.9. The second-order valence-electron chi connectivity index (χ2n) is 5.84. The van der Waals surface area contributed by atoms with Crippen molar-refractivity contribution in [2.45, 2.75) is 51.9 Å². The number of piperidine rings is 1. The van der Waals surface area contributed by atoms with Crippen molar-refractivity contribution in [3.8, 4) is 0 Å². The molecule has 1 aliphatic heterocycles. The third kappa shape index (κ3) is 4.80. The van der Waals surface area contributed by atoms with E-state index in [1.165, 1.54) is 6.92 Å². The van der Waals surface area contributed by atoms with Crippen LogP contribution in [0.4, 0.5) is 0 Å². The van der Waals surface area contributed by atoms with E-state index in [4.69, 9.17) is 4.98 Å². The summed E-state index contributed by atoms with van der Waals surface area (Å²) in [6.07, 6.45) is 4.48. The van der Waals surface area contributed by atoms with Crippen molar-refractivity contribution in [3.05, 3.63) is 16.1 Å². The zero-order valence-electron chi connectivity index (χ0n) is 13.4. The zero-order chi connectivity index (χ0) is 15.9. The van der Waals surface area contributed by atoms with Gasteiger partial charge in [-0.3, -0.25) is 9.59 Å². The molecule has 22 heavy (non-hydrogen) atoms. The lowest BCUT2D eigenvalue weighted by Crippen LogP contribution is -2.38. The number of hydrogen-bond donors (Lipinski definition) is 1. The van der Waals surface area contributed by atoms with E-state index in [9.17, 15) is 9.59 Å². The number of hydrogen-bond acceptors (Lipinski definition) is 4. The summed E-state index contributed by atoms with van der Waals surface area (Å²) in [5.74, 6) is 0.636. The molecule has 1 fully saturated rings. The lowest BCUT2D eigenvalue weighted by atomic mass is 9.98. The van der Waals surface area contributed by atoms with Gasteiger partial charge in [0.05, 0.1) is 10.7 Å². The molecule has 1 N–H and O–H groups in total. The van der Waals surface area contributed by atoms with E-state index in [2.05, 4.69) is 10.7 Å². The van der Waals surface area contributed by atoms with Crippen molar-refractivity contribution < 1.29 is 9.59 Å². The SMILES string of the molecule is CCCC(=O)N1CCCC(c2nc(CCNC(C)=O)cs2)C1. The van der Waals surface area contributed by atoms with Crippen molar-refractivity contribution in [2.24, 2.45) is 0 Å². The van der Waals surface area contributed by atoms with Crippen molar-refractivity contribution in [3.63, 3.8) is 0 Å². The van der Waals surface area contributed by atoms with Gasteiger partial charge < -0.3 is 10.2 Å². The van der Waals surface area contributed by atoms with Gasteiger partial charge in [0.25, 0.3) is 0 Å². The predicted octanol–water partition coefficient (Wildman–Crippen LogP) is 2.33. The number of aromatic nitrogens is 1. The molecule has 0 spiro atoms. The summed E-state index contributed by atoms with van der Waals surface area (Å²) in [7, 11) is 0. The van der Waals surface area contributed by atoms with Crippen molar-refractivity contribution in [1.82, 2.24) is 15.2 Å². The second-order valence-corrected chi connectivity index (χ2v) is 6.73. The fourth-order valence-electron chi connectivity index (χ4n) is 2.77. The number of nitrogens with zero attached hydrogens (tertiary/aromatic N) is 2. The van der Waals surface area contributed by atoms with Crippen LogP contribution in [0.1, 0.15) is 56.2 Å². The van der Waals surface area contributed by atoms with Crippen LogP contribution in [0.5, 0.6) is 0 Å². The number of carbonyl (C=O) groups excluding carboxylic acids is 2. The Morgan fingerprint density at radius 2 is 2.32 bits per heavy atom. The van der Waals surface area contributed by atoms with E-state index in [-0.39, 0.29) is 11.8 Å². The van der Waals surface area contributed by atoms with E-state index >= 15 is 0 Å². The Balaban J connectivity index is 1.89. The fourth-order valence-corrected chi connectivity index (χ4v) is 3.75. The molecule has 5 nitrogen and oxygen atoms in total. The molecule has 0 radical (unpaired) electrons. The van der Waals surface area contributed by atoms with Crippen LogP contribution >= 0.6 is 11.3 Å². The summed E-state index contributed by atoms with van der Waals surface area (Å²) in [5, 5.41) is 6.00. The van der Waals surface area contributed by atoms with Crippen molar-refractivity contribution in [2.75, 3.05) is 19.6 Å². The molecule has 0 saturated carbocycles. The van der Waals surface area contributed by atoms with E-state index in [1.807, 2.05) is 11.8 Å². The molecule has 2 heterocycles. The first-order chi connectivity index (χ1) is 10.6. The smallest absolute Gasteiger partial charge is 0.222 e. The lowest BCUT2D eigenvalue weighted by molar-refractivity contribution is -0.132. The van der Waals surface area contributed by atoms with Crippen LogP contribution in [0.2, 0.25) is 0 Å². The van der Waals surface area contributed by atoms with E-state index in [0.29, 0.717) is 18.9 Å². The minimum Gasteiger partial charge on any atom is -0.356 e. The number of thiazole rings is 1. The highest BCUT2D eigenvalue weighted by atomic mass is 32.1. The quantitative estimate of drug-likeness (QED) is 0.874. The Hall–Kier alpha value is -1.43. The van der Waals surface area contributed by atoms with Crippen LogP contribution in [0.25, 0.3) is 0 Å². The molecule has 2 amide bonds. The fraction of sp³-hybridized carbons (Fsp3) is 0.688. The van der Waals surface area contributed by atoms with Gasteiger partial charge in [0.15, 0.2) is 0 Å². The Kier molecular flexibility index (Phi) is 6.36. The maximum Gasteiger partial charge on any atom is 0.222 e. The molecular formula is C16H25N3O2S. The van der Waals surface area contributed by atoms with Gasteiger partial charge in [0.2, 0.25) is 11.8 Å². The highest BCUT2D eigenvalue weighted by Gasteiger charge is 2.26. The number of rotatable bonds is 6. The first-order valence-electron chi connectivity index (χ1n) is 8.06. The molecule has 1 saturated heterocycles. The third-order valence-electron chi connectivity index (χ3n) is 3.91. The molecule has 1 aromatic rings. The summed E-state index contributed by atoms with van der Waals surface area (Å²) < 4.78 is 0. The Labute approximate surface area is 136 Å². The Morgan fingerprint density at radius 1 is 1.50 bits per heavy atom. The van der Waals surface area contributed by atoms with Crippen LogP contribution in [0.15, 0.2) is 5.38 Å². The molecule has 1 aromatic heterocycles. The molecule has 6 heteroatoms. The number of amides is 2. The van der Waals surface area contributed by atoms with Crippen LogP contribution < -0.4 is 5.32 Å². The number of carbonyl (C=O) groups is 2. The minimum absolute atomic E-state index is 0.00666. The van der Waals surface area contributed by atoms with E-state index in [0.717, 1.165) is 49.5 Å². The summed E-state index contributed by atoms with van der Waals surface area (Å²) in [6.45, 7) is 5.88. The largest absolute Gasteiger partial charge is 0.356 e. The minimum atomic E-state index is -0.00666. The van der Waals surface area contributed by atoms with Gasteiger partial charge in [0, 0.05) is 50.7 Å². The molecule has 1 unspecified atom stereocenters. The van der Waals surface area contributed by atoms with Crippen LogP contribution in [0.3, 0.4) is 0 Å². The van der Waals surface area contributed by atoms with Gasteiger partial charge in [-0.2, -0.15) is 0 Å². The van der Waals surface area contributed by atoms with Gasteiger partial charge >= 0.3 is 0 Å². The van der Waals surface area contributed by atoms with Gasteiger partial charge in [0.1, 0.15) is 0 Å². The van der Waals surface area contributed by atoms with Gasteiger partial charge in [-0.25, -0.2) is 4.98 Å². The zero-order valence-corrected chi connectivity index (χ0v) is 14.2. The number of nitrogens with one attached hydrogen (secondary N) is 1. The first-order valence-corrected chi connectivity index (χ1v) is 8.94. The normalized spacial score (nSPS) is 18.3. The van der Waals surface area contributed by atoms with Crippen molar-refractivity contribution >= 4 is 23.2 Å². The average Bonchev–Trinajstić information content (AvgIpc) is 2.96. The summed E-state index contributed by atoms with van der Waals surface area (Å²) >= 11 is 1.68. The van der Waals surface area contributed by atoms with E-state index < -0.39 is 0 Å². The third-order valence-corrected chi connectivity index (χ3v) is 4.97. The molecule has 0 aliphatic carbocycles. The Bertz CT molecular complexity index is 515. The van der Waals surface area contributed by atoms with Crippen LogP contribution in [-0.4, -0.2) is 41.3 Å². The molecule has 122 valence electrons.